The minimum Gasteiger partial charge on any atom is -0.392 e. The zero-order valence-electron chi connectivity index (χ0n) is 26.6. The number of thiophene rings is 1. The molecule has 0 amide bonds. The van der Waals surface area contributed by atoms with Crippen LogP contribution in [0.25, 0.3) is 32.2 Å². The standard InChI is InChI=1S/C33H37F2N9O2S/c1-16(45)10-42-11-18-4-5-19(12-42)44(18)32-26-22-15-46-14-21(22)24(28-25-20(8-36)31(37)47-30(25)23(34)9-38-28)27(35)29(26)39-33(40-32)43-7-6-17(13-43)41(2)3/h9,16-19,45H,4-7,10-15,37H2,1-3H3/t16-,17-,18?,19?/m1/s1. The molecule has 47 heavy (non-hydrogen) atoms. The molecule has 2 unspecified atom stereocenters. The number of nitriles is 1. The number of likely N-dealkylation sites (tertiary alicyclic amines) is 1. The van der Waals surface area contributed by atoms with Gasteiger partial charge in [-0.05, 0) is 51.4 Å². The third kappa shape index (κ3) is 4.82. The molecule has 0 aliphatic carbocycles. The topological polar surface area (TPSA) is 131 Å². The van der Waals surface area contributed by atoms with Gasteiger partial charge in [-0.15, -0.1) is 11.3 Å². The molecule has 3 saturated heterocycles. The number of halogens is 2. The number of benzene rings is 1. The van der Waals surface area contributed by atoms with Crippen LogP contribution in [0.1, 0.15) is 42.9 Å². The van der Waals surface area contributed by atoms with E-state index < -0.39 is 17.7 Å². The molecule has 3 fully saturated rings. The highest BCUT2D eigenvalue weighted by Crippen LogP contribution is 2.48. The predicted octanol–water partition coefficient (Wildman–Crippen LogP) is 3.84. The van der Waals surface area contributed by atoms with Gasteiger partial charge in [-0.2, -0.15) is 10.2 Å². The quantitative estimate of drug-likeness (QED) is 0.313. The van der Waals surface area contributed by atoms with Gasteiger partial charge in [0.1, 0.15) is 22.4 Å². The Morgan fingerprint density at radius 2 is 1.87 bits per heavy atom. The zero-order chi connectivity index (χ0) is 32.7. The molecule has 1 aromatic carbocycles. The van der Waals surface area contributed by atoms with Gasteiger partial charge in [-0.3, -0.25) is 9.88 Å². The lowest BCUT2D eigenvalue weighted by Crippen LogP contribution is -2.55. The van der Waals surface area contributed by atoms with Crippen LogP contribution in [0, 0.1) is 23.0 Å². The van der Waals surface area contributed by atoms with Crippen LogP contribution in [0.15, 0.2) is 6.20 Å². The first-order chi connectivity index (χ1) is 22.6. The molecule has 11 nitrogen and oxygen atoms in total. The number of aliphatic hydroxyl groups is 1. The van der Waals surface area contributed by atoms with Crippen LogP contribution in [0.2, 0.25) is 0 Å². The van der Waals surface area contributed by atoms with E-state index in [2.05, 4.69) is 44.7 Å². The van der Waals surface area contributed by atoms with Gasteiger partial charge in [-0.25, -0.2) is 13.8 Å². The Morgan fingerprint density at radius 3 is 2.55 bits per heavy atom. The van der Waals surface area contributed by atoms with Gasteiger partial charge in [0.15, 0.2) is 11.6 Å². The Hall–Kier alpha value is -3.74. The Bertz CT molecular complexity index is 1950. The van der Waals surface area contributed by atoms with Crippen LogP contribution in [0.3, 0.4) is 0 Å². The maximum absolute atomic E-state index is 17.4. The number of anilines is 3. The zero-order valence-corrected chi connectivity index (χ0v) is 27.4. The van der Waals surface area contributed by atoms with E-state index in [0.717, 1.165) is 68.5 Å². The number of pyridine rings is 1. The molecule has 8 rings (SSSR count). The Labute approximate surface area is 275 Å². The molecule has 7 heterocycles. The highest BCUT2D eigenvalue weighted by atomic mass is 32.1. The van der Waals surface area contributed by atoms with Crippen molar-refractivity contribution in [2.24, 2.45) is 0 Å². The number of rotatable bonds is 6. The van der Waals surface area contributed by atoms with E-state index in [9.17, 15) is 10.4 Å². The van der Waals surface area contributed by atoms with Crippen molar-refractivity contribution in [1.29, 1.82) is 5.26 Å². The van der Waals surface area contributed by atoms with Crippen molar-refractivity contribution in [2.45, 2.75) is 63.6 Å². The first kappa shape index (κ1) is 30.6. The van der Waals surface area contributed by atoms with Crippen LogP contribution >= 0.6 is 11.3 Å². The summed E-state index contributed by atoms with van der Waals surface area (Å²) in [5, 5.41) is 21.1. The third-order valence-electron chi connectivity index (χ3n) is 10.3. The average molecular weight is 662 g/mol. The third-order valence-corrected chi connectivity index (χ3v) is 11.3. The van der Waals surface area contributed by atoms with Crippen LogP contribution < -0.4 is 15.5 Å². The minimum absolute atomic E-state index is 0.0849. The van der Waals surface area contributed by atoms with Gasteiger partial charge in [0.05, 0.1) is 46.9 Å². The summed E-state index contributed by atoms with van der Waals surface area (Å²) in [5.41, 5.74) is 8.12. The molecule has 14 heteroatoms. The fraction of sp³-hybridized carbons (Fsp3) is 0.515. The predicted molar refractivity (Wildman–Crippen MR) is 177 cm³/mol. The molecular formula is C33H37F2N9O2S. The van der Waals surface area contributed by atoms with E-state index in [4.69, 9.17) is 20.4 Å². The number of hydrogen-bond acceptors (Lipinski definition) is 12. The molecule has 4 aromatic rings. The normalized spacial score (nSPS) is 23.4. The van der Waals surface area contributed by atoms with Crippen LogP contribution in [0.5, 0.6) is 0 Å². The highest BCUT2D eigenvalue weighted by Gasteiger charge is 2.43. The Balaban J connectivity index is 1.37. The summed E-state index contributed by atoms with van der Waals surface area (Å²) in [6.07, 6.45) is 3.52. The van der Waals surface area contributed by atoms with E-state index >= 15 is 8.78 Å². The van der Waals surface area contributed by atoms with Crippen molar-refractivity contribution in [3.8, 4) is 17.3 Å². The monoisotopic (exact) mass is 661 g/mol. The molecule has 0 saturated carbocycles. The minimum atomic E-state index is -0.613. The Morgan fingerprint density at radius 1 is 1.13 bits per heavy atom. The van der Waals surface area contributed by atoms with Gasteiger partial charge in [0.25, 0.3) is 0 Å². The van der Waals surface area contributed by atoms with E-state index in [-0.39, 0.29) is 62.7 Å². The highest BCUT2D eigenvalue weighted by molar-refractivity contribution is 7.23. The van der Waals surface area contributed by atoms with E-state index in [1.54, 1.807) is 0 Å². The van der Waals surface area contributed by atoms with Gasteiger partial charge >= 0.3 is 0 Å². The van der Waals surface area contributed by atoms with E-state index in [0.29, 0.717) is 35.3 Å². The van der Waals surface area contributed by atoms with Crippen LogP contribution in [0.4, 0.5) is 25.5 Å². The largest absolute Gasteiger partial charge is 0.392 e. The summed E-state index contributed by atoms with van der Waals surface area (Å²) in [6, 6.07) is 2.70. The molecule has 3 aromatic heterocycles. The fourth-order valence-electron chi connectivity index (χ4n) is 8.17. The van der Waals surface area contributed by atoms with Gasteiger partial charge in [-0.1, -0.05) is 0 Å². The number of hydrogen-bond donors (Lipinski definition) is 2. The molecule has 0 spiro atoms. The lowest BCUT2D eigenvalue weighted by Gasteiger charge is -2.42. The number of nitrogens with two attached hydrogens (primary N) is 1. The second kappa shape index (κ2) is 11.5. The van der Waals surface area contributed by atoms with Gasteiger partial charge < -0.3 is 30.3 Å². The molecule has 4 aliphatic heterocycles. The maximum Gasteiger partial charge on any atom is 0.228 e. The first-order valence-corrected chi connectivity index (χ1v) is 17.0. The van der Waals surface area contributed by atoms with Gasteiger partial charge in [0, 0.05) is 61.8 Å². The summed E-state index contributed by atoms with van der Waals surface area (Å²) < 4.78 is 38.6. The first-order valence-electron chi connectivity index (χ1n) is 16.1. The van der Waals surface area contributed by atoms with Crippen LogP contribution in [-0.4, -0.2) is 101 Å². The SMILES string of the molecule is C[C@@H](O)CN1CC2CCC(C1)N2c1nc(N2CC[C@@H](N(C)C)C2)nc2c(F)c(-c3ncc(F)c4sc(N)c(C#N)c34)c3c(c12)COC3. The van der Waals surface area contributed by atoms with Crippen molar-refractivity contribution < 1.29 is 18.6 Å². The van der Waals surface area contributed by atoms with Crippen molar-refractivity contribution in [2.75, 3.05) is 62.4 Å². The van der Waals surface area contributed by atoms with Gasteiger partial charge in [0.2, 0.25) is 5.95 Å². The molecule has 4 atom stereocenters. The summed E-state index contributed by atoms with van der Waals surface area (Å²) in [6.45, 7) is 5.80. The van der Waals surface area contributed by atoms with Crippen molar-refractivity contribution >= 4 is 49.1 Å². The summed E-state index contributed by atoms with van der Waals surface area (Å²) >= 11 is 0.960. The molecule has 246 valence electrons. The summed E-state index contributed by atoms with van der Waals surface area (Å²) in [4.78, 5) is 23.6. The lowest BCUT2D eigenvalue weighted by atomic mass is 9.93. The molecule has 3 N–H and O–H groups in total. The van der Waals surface area contributed by atoms with E-state index in [1.807, 2.05) is 6.92 Å². The fourth-order valence-corrected chi connectivity index (χ4v) is 9.09. The number of aliphatic hydroxyl groups excluding tert-OH is 1. The second-order valence-electron chi connectivity index (χ2n) is 13.5. The number of aromatic nitrogens is 3. The lowest BCUT2D eigenvalue weighted by molar-refractivity contribution is 0.111. The van der Waals surface area contributed by atoms with Crippen molar-refractivity contribution in [3.05, 3.63) is 34.5 Å². The van der Waals surface area contributed by atoms with Crippen molar-refractivity contribution in [1.82, 2.24) is 24.8 Å². The smallest absolute Gasteiger partial charge is 0.228 e. The van der Waals surface area contributed by atoms with Crippen molar-refractivity contribution in [3.63, 3.8) is 0 Å². The number of nitrogens with zero attached hydrogens (tertiary/aromatic N) is 8. The number of fused-ring (bicyclic) bond motifs is 6. The summed E-state index contributed by atoms with van der Waals surface area (Å²) in [7, 11) is 4.12. The number of β-amino-alcohol motifs (C(OH)–C–C–N with tert-alkyl or cyclic N) is 1. The number of ether oxygens (including phenoxy) is 1. The Kier molecular flexibility index (Phi) is 7.45. The number of likely N-dealkylation sites (N-methyl/N-ethyl adjacent to an activating group) is 1. The van der Waals surface area contributed by atoms with E-state index in [1.165, 1.54) is 0 Å². The number of piperazine rings is 1. The molecule has 4 aliphatic rings. The average Bonchev–Trinajstić information content (AvgIpc) is 3.83. The molecule has 2 bridgehead atoms. The second-order valence-corrected chi connectivity index (χ2v) is 14.6. The maximum atomic E-state index is 17.4. The number of nitrogen functional groups attached to an aromatic ring is 1. The molecule has 0 radical (unpaired) electrons. The summed E-state index contributed by atoms with van der Waals surface area (Å²) in [5.74, 6) is -0.0187. The molecular weight excluding hydrogens is 624 g/mol. The van der Waals surface area contributed by atoms with Crippen LogP contribution in [-0.2, 0) is 18.0 Å².